The number of aliphatic carboxylic acids is 1. The monoisotopic (exact) mass is 406 g/mol. The molecule has 3 aromatic rings. The molecule has 1 N–H and O–H groups in total. The van der Waals surface area contributed by atoms with Gasteiger partial charge in [-0.1, -0.05) is 42.5 Å². The molecule has 0 atom stereocenters. The van der Waals surface area contributed by atoms with E-state index in [4.69, 9.17) is 5.11 Å². The second-order valence-electron chi connectivity index (χ2n) is 7.01. The zero-order valence-corrected chi connectivity index (χ0v) is 16.5. The first-order valence-corrected chi connectivity index (χ1v) is 9.75. The summed E-state index contributed by atoms with van der Waals surface area (Å²) in [5.41, 5.74) is 2.92. The zero-order chi connectivity index (χ0) is 21.3. The second-order valence-corrected chi connectivity index (χ2v) is 7.01. The molecular weight excluding hydrogens is 383 g/mol. The van der Waals surface area contributed by atoms with E-state index in [2.05, 4.69) is 4.98 Å². The molecule has 30 heavy (non-hydrogen) atoms. The van der Waals surface area contributed by atoms with Crippen molar-refractivity contribution in [3.8, 4) is 0 Å². The first kappa shape index (κ1) is 21.2. The molecule has 0 bridgehead atoms. The Morgan fingerprint density at radius 1 is 0.933 bits per heavy atom. The highest BCUT2D eigenvalue weighted by Gasteiger charge is 2.17. The topological polar surface area (TPSA) is 70.5 Å². The highest BCUT2D eigenvalue weighted by molar-refractivity contribution is 5.94. The lowest BCUT2D eigenvalue weighted by atomic mass is 10.1. The maximum absolute atomic E-state index is 13.4. The van der Waals surface area contributed by atoms with Gasteiger partial charge >= 0.3 is 5.97 Å². The van der Waals surface area contributed by atoms with Crippen LogP contribution in [0.5, 0.6) is 0 Å². The average molecular weight is 406 g/mol. The van der Waals surface area contributed by atoms with Gasteiger partial charge in [-0.05, 0) is 41.8 Å². The number of halogens is 1. The van der Waals surface area contributed by atoms with Crippen LogP contribution in [0.3, 0.4) is 0 Å². The van der Waals surface area contributed by atoms with E-state index in [1.54, 1.807) is 35.4 Å². The van der Waals surface area contributed by atoms with Gasteiger partial charge in [0.1, 0.15) is 5.82 Å². The van der Waals surface area contributed by atoms with Crippen LogP contribution in [0.15, 0.2) is 72.9 Å². The van der Waals surface area contributed by atoms with Crippen LogP contribution < -0.4 is 0 Å². The first-order chi connectivity index (χ1) is 14.5. The van der Waals surface area contributed by atoms with Gasteiger partial charge in [-0.3, -0.25) is 14.6 Å². The largest absolute Gasteiger partial charge is 0.481 e. The number of pyridine rings is 1. The van der Waals surface area contributed by atoms with Crippen LogP contribution in [0.2, 0.25) is 0 Å². The summed E-state index contributed by atoms with van der Waals surface area (Å²) in [6.45, 7) is 0.542. The Morgan fingerprint density at radius 3 is 2.43 bits per heavy atom. The van der Waals surface area contributed by atoms with Crippen molar-refractivity contribution in [2.75, 3.05) is 13.1 Å². The number of carbonyl (C=O) groups excluding carboxylic acids is 1. The second kappa shape index (κ2) is 10.3. The van der Waals surface area contributed by atoms with Gasteiger partial charge in [0.15, 0.2) is 0 Å². The van der Waals surface area contributed by atoms with Gasteiger partial charge in [0, 0.05) is 37.0 Å². The number of carboxylic acid groups (broad SMARTS) is 1. The van der Waals surface area contributed by atoms with Crippen molar-refractivity contribution in [2.24, 2.45) is 0 Å². The number of hydrogen-bond donors (Lipinski definition) is 1. The molecule has 154 valence electrons. The molecule has 0 aliphatic carbocycles. The molecule has 1 amide bonds. The lowest BCUT2D eigenvalue weighted by Gasteiger charge is -2.22. The van der Waals surface area contributed by atoms with Crippen molar-refractivity contribution < 1.29 is 19.1 Å². The summed E-state index contributed by atoms with van der Waals surface area (Å²) in [5, 5.41) is 9.05. The third-order valence-electron chi connectivity index (χ3n) is 4.73. The smallest absolute Gasteiger partial charge is 0.305 e. The van der Waals surface area contributed by atoms with Crippen molar-refractivity contribution in [3.05, 3.63) is 101 Å². The Bertz CT molecular complexity index is 1010. The van der Waals surface area contributed by atoms with E-state index in [0.717, 1.165) is 11.1 Å². The van der Waals surface area contributed by atoms with Crippen molar-refractivity contribution in [2.45, 2.75) is 19.3 Å². The lowest BCUT2D eigenvalue weighted by Crippen LogP contribution is -2.35. The van der Waals surface area contributed by atoms with Gasteiger partial charge in [-0.2, -0.15) is 0 Å². The number of amides is 1. The molecule has 2 aromatic carbocycles. The minimum absolute atomic E-state index is 0.123. The Hall–Kier alpha value is -3.54. The Labute approximate surface area is 174 Å². The van der Waals surface area contributed by atoms with Crippen LogP contribution in [0.1, 0.15) is 33.6 Å². The molecule has 0 aliphatic rings. The molecule has 1 heterocycles. The number of aromatic nitrogens is 1. The molecule has 6 heteroatoms. The van der Waals surface area contributed by atoms with Gasteiger partial charge in [0.05, 0.1) is 6.42 Å². The average Bonchev–Trinajstić information content (AvgIpc) is 2.74. The van der Waals surface area contributed by atoms with Crippen LogP contribution in [0.25, 0.3) is 0 Å². The van der Waals surface area contributed by atoms with Gasteiger partial charge in [-0.25, -0.2) is 4.39 Å². The Morgan fingerprint density at radius 2 is 1.70 bits per heavy atom. The van der Waals surface area contributed by atoms with E-state index < -0.39 is 5.97 Å². The van der Waals surface area contributed by atoms with E-state index in [1.807, 2.05) is 30.3 Å². The van der Waals surface area contributed by atoms with Gasteiger partial charge in [-0.15, -0.1) is 0 Å². The molecule has 0 saturated carbocycles. The van der Waals surface area contributed by atoms with Crippen LogP contribution in [-0.4, -0.2) is 40.0 Å². The maximum Gasteiger partial charge on any atom is 0.305 e. The highest BCUT2D eigenvalue weighted by Crippen LogP contribution is 2.13. The standard InChI is InChI=1S/C24H23FN2O3/c25-21-8-4-7-19(15-21)16-22-17-20(9-12-26-22)24(30)27(14-11-23(28)29)13-10-18-5-2-1-3-6-18/h1-9,12,15,17H,10-11,13-14,16H2,(H,28,29). The fourth-order valence-corrected chi connectivity index (χ4v) is 3.20. The third-order valence-corrected chi connectivity index (χ3v) is 4.73. The molecule has 3 rings (SSSR count). The summed E-state index contributed by atoms with van der Waals surface area (Å²) < 4.78 is 13.4. The number of benzene rings is 2. The number of rotatable bonds is 9. The zero-order valence-electron chi connectivity index (χ0n) is 16.5. The molecule has 0 unspecified atom stereocenters. The van der Waals surface area contributed by atoms with Crippen LogP contribution in [0.4, 0.5) is 4.39 Å². The van der Waals surface area contributed by atoms with Crippen molar-refractivity contribution in [1.29, 1.82) is 0 Å². The molecule has 0 saturated heterocycles. The summed E-state index contributed by atoms with van der Waals surface area (Å²) in [6, 6.07) is 19.3. The van der Waals surface area contributed by atoms with Crippen LogP contribution in [0, 0.1) is 5.82 Å². The fourth-order valence-electron chi connectivity index (χ4n) is 3.20. The van der Waals surface area contributed by atoms with Gasteiger partial charge in [0.2, 0.25) is 0 Å². The normalized spacial score (nSPS) is 10.6. The summed E-state index contributed by atoms with van der Waals surface area (Å²) in [7, 11) is 0. The van der Waals surface area contributed by atoms with Crippen LogP contribution >= 0.6 is 0 Å². The number of carbonyl (C=O) groups is 2. The molecular formula is C24H23FN2O3. The highest BCUT2D eigenvalue weighted by atomic mass is 19.1. The van der Waals surface area contributed by atoms with Gasteiger partial charge < -0.3 is 10.0 Å². The first-order valence-electron chi connectivity index (χ1n) is 9.75. The fraction of sp³-hybridized carbons (Fsp3) is 0.208. The van der Waals surface area contributed by atoms with E-state index >= 15 is 0 Å². The number of nitrogens with zero attached hydrogens (tertiary/aromatic N) is 2. The summed E-state index contributed by atoms with van der Waals surface area (Å²) >= 11 is 0. The predicted octanol–water partition coefficient (Wildman–Crippen LogP) is 3.97. The molecule has 5 nitrogen and oxygen atoms in total. The van der Waals surface area contributed by atoms with E-state index in [-0.39, 0.29) is 24.7 Å². The predicted molar refractivity (Wildman–Crippen MR) is 112 cm³/mol. The van der Waals surface area contributed by atoms with Crippen molar-refractivity contribution in [1.82, 2.24) is 9.88 Å². The van der Waals surface area contributed by atoms with Crippen molar-refractivity contribution in [3.63, 3.8) is 0 Å². The Balaban J connectivity index is 1.74. The maximum atomic E-state index is 13.4. The lowest BCUT2D eigenvalue weighted by molar-refractivity contribution is -0.137. The third kappa shape index (κ3) is 6.24. The summed E-state index contributed by atoms with van der Waals surface area (Å²) in [4.78, 5) is 30.0. The minimum atomic E-state index is -0.950. The van der Waals surface area contributed by atoms with E-state index in [9.17, 15) is 14.0 Å². The number of carboxylic acids is 1. The van der Waals surface area contributed by atoms with E-state index in [1.165, 1.54) is 12.1 Å². The van der Waals surface area contributed by atoms with Crippen LogP contribution in [-0.2, 0) is 17.6 Å². The molecule has 0 spiro atoms. The van der Waals surface area contributed by atoms with Gasteiger partial charge in [0.25, 0.3) is 5.91 Å². The molecule has 0 fully saturated rings. The molecule has 0 radical (unpaired) electrons. The summed E-state index contributed by atoms with van der Waals surface area (Å²) in [6.07, 6.45) is 2.46. The Kier molecular flexibility index (Phi) is 7.27. The molecule has 0 aliphatic heterocycles. The number of hydrogen-bond acceptors (Lipinski definition) is 3. The minimum Gasteiger partial charge on any atom is -0.481 e. The van der Waals surface area contributed by atoms with Crippen molar-refractivity contribution >= 4 is 11.9 Å². The quantitative estimate of drug-likeness (QED) is 0.584. The summed E-state index contributed by atoms with van der Waals surface area (Å²) in [5.74, 6) is -1.51. The molecule has 1 aromatic heterocycles. The van der Waals surface area contributed by atoms with E-state index in [0.29, 0.717) is 30.6 Å². The SMILES string of the molecule is O=C(O)CCN(CCc1ccccc1)C(=O)c1ccnc(Cc2cccc(F)c2)c1.